The number of benzene rings is 3. The van der Waals surface area contributed by atoms with E-state index in [1.807, 2.05) is 0 Å². The molecule has 29 heavy (non-hydrogen) atoms. The molecule has 2 heteroatoms. The first-order chi connectivity index (χ1) is 14.0. The second kappa shape index (κ2) is 6.52. The molecule has 3 aromatic carbocycles. The minimum absolute atomic E-state index is 0.0599. The second-order valence-corrected chi connectivity index (χ2v) is 8.68. The fraction of sp³-hybridized carbons (Fsp3) is 0.259. The Bertz CT molecular complexity index is 1120. The summed E-state index contributed by atoms with van der Waals surface area (Å²) in [5, 5.41) is 3.71. The molecule has 0 bridgehead atoms. The zero-order valence-electron chi connectivity index (χ0n) is 17.5. The van der Waals surface area contributed by atoms with E-state index in [1.165, 1.54) is 44.6 Å². The summed E-state index contributed by atoms with van der Waals surface area (Å²) >= 11 is 0. The van der Waals surface area contributed by atoms with Crippen molar-refractivity contribution in [2.45, 2.75) is 45.8 Å². The first-order valence-electron chi connectivity index (χ1n) is 10.5. The van der Waals surface area contributed by atoms with E-state index in [4.69, 9.17) is 4.74 Å². The van der Waals surface area contributed by atoms with Crippen LogP contribution >= 0.6 is 0 Å². The summed E-state index contributed by atoms with van der Waals surface area (Å²) in [6, 6.07) is 21.6. The minimum Gasteiger partial charge on any atom is -0.480 e. The van der Waals surface area contributed by atoms with Gasteiger partial charge in [0.1, 0.15) is 5.75 Å². The maximum Gasteiger partial charge on any atom is 0.150 e. The summed E-state index contributed by atoms with van der Waals surface area (Å²) in [6.07, 6.45) is 3.20. The lowest BCUT2D eigenvalue weighted by atomic mass is 9.79. The lowest BCUT2D eigenvalue weighted by molar-refractivity contribution is 0.243. The van der Waals surface area contributed by atoms with Gasteiger partial charge >= 0.3 is 0 Å². The molecule has 0 saturated carbocycles. The Kier molecular flexibility index (Phi) is 4.06. The van der Waals surface area contributed by atoms with Gasteiger partial charge in [0.25, 0.3) is 0 Å². The highest BCUT2D eigenvalue weighted by Gasteiger charge is 2.35. The highest BCUT2D eigenvalue weighted by atomic mass is 16.5. The summed E-state index contributed by atoms with van der Waals surface area (Å²) in [5.74, 6) is 0.983. The Morgan fingerprint density at radius 2 is 1.72 bits per heavy atom. The first kappa shape index (κ1) is 18.1. The first-order valence-corrected chi connectivity index (χ1v) is 10.5. The average molecular weight is 382 g/mol. The van der Waals surface area contributed by atoms with E-state index in [0.29, 0.717) is 0 Å². The molecule has 2 aliphatic heterocycles. The van der Waals surface area contributed by atoms with E-state index in [9.17, 15) is 0 Å². The van der Waals surface area contributed by atoms with Crippen molar-refractivity contribution in [1.29, 1.82) is 0 Å². The van der Waals surface area contributed by atoms with Crippen LogP contribution in [0.1, 0.15) is 56.1 Å². The molecule has 0 amide bonds. The third kappa shape index (κ3) is 2.86. The maximum atomic E-state index is 6.70. The fourth-order valence-corrected chi connectivity index (χ4v) is 4.96. The van der Waals surface area contributed by atoms with Crippen LogP contribution < -0.4 is 10.1 Å². The van der Waals surface area contributed by atoms with Gasteiger partial charge in [-0.15, -0.1) is 0 Å². The average Bonchev–Trinajstić information content (AvgIpc) is 2.71. The zero-order chi connectivity index (χ0) is 20.2. The van der Waals surface area contributed by atoms with Crippen LogP contribution in [-0.2, 0) is 6.42 Å². The molecule has 1 unspecified atom stereocenters. The number of hydrogen-bond acceptors (Lipinski definition) is 2. The second-order valence-electron chi connectivity index (χ2n) is 8.68. The molecule has 0 radical (unpaired) electrons. The van der Waals surface area contributed by atoms with Crippen LogP contribution in [0.3, 0.4) is 0 Å². The normalized spacial score (nSPS) is 18.5. The number of nitrogens with one attached hydrogen (secondary N) is 1. The predicted molar refractivity (Wildman–Crippen MR) is 122 cm³/mol. The summed E-state index contributed by atoms with van der Waals surface area (Å²) in [4.78, 5) is 0. The molecule has 146 valence electrons. The molecule has 2 aliphatic rings. The minimum atomic E-state index is -0.118. The Morgan fingerprint density at radius 3 is 2.48 bits per heavy atom. The largest absolute Gasteiger partial charge is 0.480 e. The quantitative estimate of drug-likeness (QED) is 0.516. The molecule has 0 spiro atoms. The van der Waals surface area contributed by atoms with Crippen molar-refractivity contribution in [2.24, 2.45) is 0 Å². The molecule has 0 aromatic heterocycles. The van der Waals surface area contributed by atoms with Crippen molar-refractivity contribution in [3.63, 3.8) is 0 Å². The topological polar surface area (TPSA) is 21.3 Å². The molecule has 5 rings (SSSR count). The van der Waals surface area contributed by atoms with Crippen molar-refractivity contribution >= 4 is 11.3 Å². The Labute approximate surface area is 173 Å². The van der Waals surface area contributed by atoms with Crippen molar-refractivity contribution < 1.29 is 4.74 Å². The monoisotopic (exact) mass is 381 g/mol. The maximum absolute atomic E-state index is 6.70. The van der Waals surface area contributed by atoms with E-state index in [1.54, 1.807) is 0 Å². The summed E-state index contributed by atoms with van der Waals surface area (Å²) in [7, 11) is 0. The molecule has 3 aromatic rings. The van der Waals surface area contributed by atoms with E-state index in [0.717, 1.165) is 12.2 Å². The SMILES string of the molecule is CCc1cccc2c1-c1ccc3c(c1C(c1ccccc1)O2)C(C)=CC(C)(C)N3. The third-order valence-electron chi connectivity index (χ3n) is 6.05. The number of fused-ring (bicyclic) bond motifs is 5. The van der Waals surface area contributed by atoms with Crippen LogP contribution in [0.4, 0.5) is 5.69 Å². The van der Waals surface area contributed by atoms with Crippen molar-refractivity contribution in [3.8, 4) is 16.9 Å². The number of hydrogen-bond donors (Lipinski definition) is 1. The van der Waals surface area contributed by atoms with E-state index < -0.39 is 0 Å². The van der Waals surface area contributed by atoms with Gasteiger partial charge in [-0.05, 0) is 61.6 Å². The predicted octanol–water partition coefficient (Wildman–Crippen LogP) is 7.01. The van der Waals surface area contributed by atoms with Crippen LogP contribution in [0.25, 0.3) is 16.7 Å². The van der Waals surface area contributed by atoms with Gasteiger partial charge in [-0.3, -0.25) is 0 Å². The Hall–Kier alpha value is -3.00. The number of rotatable bonds is 2. The fourth-order valence-electron chi connectivity index (χ4n) is 4.96. The van der Waals surface area contributed by atoms with Gasteiger partial charge in [-0.25, -0.2) is 0 Å². The molecule has 1 N–H and O–H groups in total. The summed E-state index contributed by atoms with van der Waals surface area (Å²) in [5.41, 5.74) is 10.1. The van der Waals surface area contributed by atoms with Gasteiger partial charge in [0.2, 0.25) is 0 Å². The van der Waals surface area contributed by atoms with Crippen LogP contribution in [0.2, 0.25) is 0 Å². The van der Waals surface area contributed by atoms with Gasteiger partial charge in [-0.2, -0.15) is 0 Å². The van der Waals surface area contributed by atoms with Crippen LogP contribution in [0, 0.1) is 0 Å². The van der Waals surface area contributed by atoms with E-state index in [2.05, 4.69) is 99.8 Å². The highest BCUT2D eigenvalue weighted by Crippen LogP contribution is 2.51. The van der Waals surface area contributed by atoms with Crippen molar-refractivity contribution in [3.05, 3.63) is 89.0 Å². The molecule has 2 heterocycles. The third-order valence-corrected chi connectivity index (χ3v) is 6.05. The standard InChI is InChI=1S/C27H27NO/c1-5-18-12-9-13-22-24(18)20-14-15-21-23(17(2)16-27(3,4)28-21)25(20)26(29-22)19-10-7-6-8-11-19/h6-16,26,28H,5H2,1-4H3. The molecule has 0 aliphatic carbocycles. The molecule has 2 nitrogen and oxygen atoms in total. The highest BCUT2D eigenvalue weighted by molar-refractivity contribution is 5.91. The van der Waals surface area contributed by atoms with E-state index in [-0.39, 0.29) is 11.6 Å². The molecule has 0 fully saturated rings. The summed E-state index contributed by atoms with van der Waals surface area (Å²) < 4.78 is 6.70. The number of ether oxygens (including phenoxy) is 1. The molecular weight excluding hydrogens is 354 g/mol. The number of aryl methyl sites for hydroxylation is 1. The molecule has 0 saturated heterocycles. The van der Waals surface area contributed by atoms with E-state index >= 15 is 0 Å². The summed E-state index contributed by atoms with van der Waals surface area (Å²) in [6.45, 7) is 8.88. The van der Waals surface area contributed by atoms with Gasteiger partial charge in [0, 0.05) is 22.4 Å². The Balaban J connectivity index is 1.84. The smallest absolute Gasteiger partial charge is 0.150 e. The van der Waals surface area contributed by atoms with Gasteiger partial charge in [0.05, 0.1) is 5.54 Å². The lowest BCUT2D eigenvalue weighted by Gasteiger charge is -2.37. The van der Waals surface area contributed by atoms with Crippen molar-refractivity contribution in [2.75, 3.05) is 5.32 Å². The molecular formula is C27H27NO. The van der Waals surface area contributed by atoms with Crippen LogP contribution in [0.15, 0.2) is 66.7 Å². The van der Waals surface area contributed by atoms with Crippen LogP contribution in [0.5, 0.6) is 5.75 Å². The van der Waals surface area contributed by atoms with Crippen LogP contribution in [-0.4, -0.2) is 5.54 Å². The molecule has 1 atom stereocenters. The Morgan fingerprint density at radius 1 is 0.931 bits per heavy atom. The number of allylic oxidation sites excluding steroid dienone is 1. The zero-order valence-corrected chi connectivity index (χ0v) is 17.5. The number of anilines is 1. The van der Waals surface area contributed by atoms with Gasteiger partial charge in [0.15, 0.2) is 6.10 Å². The van der Waals surface area contributed by atoms with Crippen molar-refractivity contribution in [1.82, 2.24) is 0 Å². The van der Waals surface area contributed by atoms with Gasteiger partial charge in [-0.1, -0.05) is 61.5 Å². The van der Waals surface area contributed by atoms with Gasteiger partial charge < -0.3 is 10.1 Å². The lowest BCUT2D eigenvalue weighted by Crippen LogP contribution is -2.32.